The molecular weight excluding hydrogens is 310 g/mol. The van der Waals surface area contributed by atoms with E-state index in [-0.39, 0.29) is 0 Å². The molecule has 0 saturated carbocycles. The quantitative estimate of drug-likeness (QED) is 0.813. The third-order valence-electron chi connectivity index (χ3n) is 3.76. The highest BCUT2D eigenvalue weighted by Crippen LogP contribution is 2.19. The number of carbonyl (C=O) groups is 2. The van der Waals surface area contributed by atoms with Gasteiger partial charge in [-0.05, 0) is 26.3 Å². The zero-order valence-corrected chi connectivity index (χ0v) is 14.1. The number of esters is 1. The van der Waals surface area contributed by atoms with Crippen LogP contribution >= 0.6 is 0 Å². The summed E-state index contributed by atoms with van der Waals surface area (Å²) in [7, 11) is 1.78. The summed E-state index contributed by atoms with van der Waals surface area (Å²) in [5.41, 5.74) is 2.47. The Bertz CT molecular complexity index is 740. The minimum Gasteiger partial charge on any atom is -0.450 e. The molecule has 128 valence electrons. The maximum Gasteiger partial charge on any atom is 0.340 e. The lowest BCUT2D eigenvalue weighted by atomic mass is 10.1. The SMILES string of the molecule is Cc1nn(C)c(C)c1NC(=O)[C@@H](C)OC(=O)[C@@H](O)c1ccccc1. The van der Waals surface area contributed by atoms with Crippen LogP contribution in [0.25, 0.3) is 0 Å². The summed E-state index contributed by atoms with van der Waals surface area (Å²) >= 11 is 0. The molecule has 0 spiro atoms. The van der Waals surface area contributed by atoms with E-state index in [1.807, 2.05) is 6.92 Å². The van der Waals surface area contributed by atoms with Gasteiger partial charge in [-0.1, -0.05) is 30.3 Å². The molecule has 1 aromatic heterocycles. The first-order valence-electron chi connectivity index (χ1n) is 7.55. The predicted octanol–water partition coefficient (Wildman–Crippen LogP) is 1.64. The highest BCUT2D eigenvalue weighted by Gasteiger charge is 2.25. The number of aliphatic hydroxyl groups excluding tert-OH is 1. The van der Waals surface area contributed by atoms with Crippen LogP contribution < -0.4 is 5.32 Å². The van der Waals surface area contributed by atoms with Crippen molar-refractivity contribution in [1.82, 2.24) is 9.78 Å². The normalized spacial score (nSPS) is 13.2. The van der Waals surface area contributed by atoms with E-state index in [2.05, 4.69) is 10.4 Å². The first kappa shape index (κ1) is 17.7. The summed E-state index contributed by atoms with van der Waals surface area (Å²) in [6.07, 6.45) is -2.47. The van der Waals surface area contributed by atoms with E-state index in [0.717, 1.165) is 5.69 Å². The van der Waals surface area contributed by atoms with Crippen LogP contribution in [-0.2, 0) is 21.4 Å². The Labute approximate surface area is 140 Å². The number of ether oxygens (including phenoxy) is 1. The summed E-state index contributed by atoms with van der Waals surface area (Å²) in [5.74, 6) is -1.36. The number of aryl methyl sites for hydroxylation is 2. The van der Waals surface area contributed by atoms with Crippen LogP contribution in [0.4, 0.5) is 5.69 Å². The maximum atomic E-state index is 12.2. The third-order valence-corrected chi connectivity index (χ3v) is 3.76. The maximum absolute atomic E-state index is 12.2. The van der Waals surface area contributed by atoms with Crippen LogP contribution in [0, 0.1) is 13.8 Å². The zero-order valence-electron chi connectivity index (χ0n) is 14.1. The molecule has 0 saturated heterocycles. The molecule has 0 unspecified atom stereocenters. The average Bonchev–Trinajstić information content (AvgIpc) is 2.81. The lowest BCUT2D eigenvalue weighted by molar-refractivity contribution is -0.162. The molecule has 2 rings (SSSR count). The van der Waals surface area contributed by atoms with E-state index in [9.17, 15) is 14.7 Å². The number of nitrogens with zero attached hydrogens (tertiary/aromatic N) is 2. The fourth-order valence-electron chi connectivity index (χ4n) is 2.24. The monoisotopic (exact) mass is 331 g/mol. The molecule has 0 aliphatic carbocycles. The van der Waals surface area contributed by atoms with Crippen molar-refractivity contribution in [3.63, 3.8) is 0 Å². The van der Waals surface area contributed by atoms with Gasteiger partial charge in [0.15, 0.2) is 12.2 Å². The summed E-state index contributed by atoms with van der Waals surface area (Å²) in [5, 5.41) is 16.9. The number of hydrogen-bond acceptors (Lipinski definition) is 5. The van der Waals surface area contributed by atoms with E-state index >= 15 is 0 Å². The Kier molecular flexibility index (Phi) is 5.35. The van der Waals surface area contributed by atoms with E-state index in [0.29, 0.717) is 16.9 Å². The van der Waals surface area contributed by atoms with Crippen molar-refractivity contribution < 1.29 is 19.4 Å². The second-order valence-electron chi connectivity index (χ2n) is 5.55. The van der Waals surface area contributed by atoms with Crippen LogP contribution in [0.2, 0.25) is 0 Å². The molecule has 2 aromatic rings. The predicted molar refractivity (Wildman–Crippen MR) is 88.3 cm³/mol. The van der Waals surface area contributed by atoms with Crippen LogP contribution in [0.3, 0.4) is 0 Å². The first-order chi connectivity index (χ1) is 11.3. The van der Waals surface area contributed by atoms with Gasteiger partial charge in [0.25, 0.3) is 5.91 Å². The largest absolute Gasteiger partial charge is 0.450 e. The molecular formula is C17H21N3O4. The number of nitrogens with one attached hydrogen (secondary N) is 1. The van der Waals surface area contributed by atoms with Gasteiger partial charge in [0.05, 0.1) is 17.1 Å². The van der Waals surface area contributed by atoms with Crippen LogP contribution in [0.1, 0.15) is 30.0 Å². The Balaban J connectivity index is 2.00. The zero-order chi connectivity index (χ0) is 17.9. The molecule has 0 aliphatic heterocycles. The van der Waals surface area contributed by atoms with Crippen molar-refractivity contribution in [2.45, 2.75) is 33.0 Å². The minimum absolute atomic E-state index is 0.411. The number of hydrogen-bond donors (Lipinski definition) is 2. The highest BCUT2D eigenvalue weighted by atomic mass is 16.6. The standard InChI is InChI=1S/C17H21N3O4/c1-10-14(11(2)20(4)19-10)18-16(22)12(3)24-17(23)15(21)13-8-6-5-7-9-13/h5-9,12,15,21H,1-4H3,(H,18,22)/t12-,15+/m1/s1. The Hall–Kier alpha value is -2.67. The molecule has 1 heterocycles. The van der Waals surface area contributed by atoms with E-state index in [1.165, 1.54) is 6.92 Å². The topological polar surface area (TPSA) is 93.5 Å². The molecule has 24 heavy (non-hydrogen) atoms. The van der Waals surface area contributed by atoms with Crippen molar-refractivity contribution in [1.29, 1.82) is 0 Å². The van der Waals surface area contributed by atoms with E-state index < -0.39 is 24.1 Å². The molecule has 7 nitrogen and oxygen atoms in total. The van der Waals surface area contributed by atoms with Gasteiger partial charge >= 0.3 is 5.97 Å². The molecule has 2 atom stereocenters. The molecule has 1 aromatic carbocycles. The smallest absolute Gasteiger partial charge is 0.340 e. The van der Waals surface area contributed by atoms with Crippen molar-refractivity contribution in [3.8, 4) is 0 Å². The fourth-order valence-corrected chi connectivity index (χ4v) is 2.24. The molecule has 1 amide bonds. The number of aromatic nitrogens is 2. The number of rotatable bonds is 5. The fraction of sp³-hybridized carbons (Fsp3) is 0.353. The van der Waals surface area contributed by atoms with E-state index in [4.69, 9.17) is 4.74 Å². The molecule has 0 aliphatic rings. The number of aliphatic hydroxyl groups is 1. The second kappa shape index (κ2) is 7.27. The van der Waals surface area contributed by atoms with Gasteiger partial charge in [-0.15, -0.1) is 0 Å². The summed E-state index contributed by atoms with van der Waals surface area (Å²) < 4.78 is 6.71. The Morgan fingerprint density at radius 3 is 2.42 bits per heavy atom. The number of benzene rings is 1. The second-order valence-corrected chi connectivity index (χ2v) is 5.55. The van der Waals surface area contributed by atoms with Gasteiger partial charge in [-0.2, -0.15) is 5.10 Å². The summed E-state index contributed by atoms with van der Waals surface area (Å²) in [6.45, 7) is 5.05. The molecule has 0 bridgehead atoms. The molecule has 0 radical (unpaired) electrons. The summed E-state index contributed by atoms with van der Waals surface area (Å²) in [6, 6.07) is 8.40. The average molecular weight is 331 g/mol. The van der Waals surface area contributed by atoms with Crippen molar-refractivity contribution in [2.24, 2.45) is 7.05 Å². The van der Waals surface area contributed by atoms with Crippen LogP contribution in [0.15, 0.2) is 30.3 Å². The minimum atomic E-state index is -1.43. The van der Waals surface area contributed by atoms with E-state index in [1.54, 1.807) is 49.0 Å². The van der Waals surface area contributed by atoms with Gasteiger partial charge in [0.2, 0.25) is 0 Å². The van der Waals surface area contributed by atoms with Crippen molar-refractivity contribution >= 4 is 17.6 Å². The lowest BCUT2D eigenvalue weighted by Crippen LogP contribution is -2.32. The van der Waals surface area contributed by atoms with Crippen molar-refractivity contribution in [3.05, 3.63) is 47.3 Å². The van der Waals surface area contributed by atoms with Crippen LogP contribution in [0.5, 0.6) is 0 Å². The third kappa shape index (κ3) is 3.80. The first-order valence-corrected chi connectivity index (χ1v) is 7.55. The summed E-state index contributed by atoms with van der Waals surface area (Å²) in [4.78, 5) is 24.2. The Morgan fingerprint density at radius 1 is 1.25 bits per heavy atom. The molecule has 7 heteroatoms. The molecule has 2 N–H and O–H groups in total. The van der Waals surface area contributed by atoms with Gasteiger partial charge in [0.1, 0.15) is 0 Å². The number of amides is 1. The van der Waals surface area contributed by atoms with Gasteiger partial charge in [0, 0.05) is 7.05 Å². The highest BCUT2D eigenvalue weighted by molar-refractivity contribution is 5.96. The van der Waals surface area contributed by atoms with Gasteiger partial charge < -0.3 is 15.2 Å². The van der Waals surface area contributed by atoms with Gasteiger partial charge in [-0.3, -0.25) is 9.48 Å². The van der Waals surface area contributed by atoms with Crippen molar-refractivity contribution in [2.75, 3.05) is 5.32 Å². The van der Waals surface area contributed by atoms with Gasteiger partial charge in [-0.25, -0.2) is 4.79 Å². The number of anilines is 1. The number of carbonyl (C=O) groups excluding carboxylic acids is 2. The molecule has 0 fully saturated rings. The lowest BCUT2D eigenvalue weighted by Gasteiger charge is -2.16. The Morgan fingerprint density at radius 2 is 1.88 bits per heavy atom. The van der Waals surface area contributed by atoms with Crippen LogP contribution in [-0.4, -0.2) is 32.9 Å².